The van der Waals surface area contributed by atoms with Gasteiger partial charge in [-0.05, 0) is 43.4 Å². The van der Waals surface area contributed by atoms with Crippen molar-refractivity contribution in [1.82, 2.24) is 4.90 Å². The van der Waals surface area contributed by atoms with Gasteiger partial charge in [-0.2, -0.15) is 0 Å². The summed E-state index contributed by atoms with van der Waals surface area (Å²) in [5.41, 5.74) is 0.0207. The third-order valence-corrected chi connectivity index (χ3v) is 6.18. The number of aliphatic carboxylic acids is 1. The first-order valence-corrected chi connectivity index (χ1v) is 8.47. The van der Waals surface area contributed by atoms with Crippen LogP contribution in [0, 0.1) is 17.3 Å². The van der Waals surface area contributed by atoms with Crippen molar-refractivity contribution in [2.45, 2.75) is 77.3 Å². The van der Waals surface area contributed by atoms with E-state index in [9.17, 15) is 14.7 Å². The highest BCUT2D eigenvalue weighted by molar-refractivity contribution is 5.86. The maximum absolute atomic E-state index is 13.1. The summed E-state index contributed by atoms with van der Waals surface area (Å²) in [6.45, 7) is 4.32. The van der Waals surface area contributed by atoms with E-state index >= 15 is 0 Å². The molecular weight excluding hydrogens is 266 g/mol. The Labute approximate surface area is 126 Å². The van der Waals surface area contributed by atoms with Crippen LogP contribution >= 0.6 is 0 Å². The predicted molar refractivity (Wildman–Crippen MR) is 79.8 cm³/mol. The molecule has 1 N–H and O–H groups in total. The molecule has 1 saturated heterocycles. The Hall–Kier alpha value is -1.06. The Morgan fingerprint density at radius 2 is 1.81 bits per heavy atom. The second kappa shape index (κ2) is 5.29. The van der Waals surface area contributed by atoms with Crippen molar-refractivity contribution in [2.24, 2.45) is 17.3 Å². The molecule has 1 heterocycles. The number of carboxylic acids is 1. The van der Waals surface area contributed by atoms with E-state index in [0.717, 1.165) is 38.5 Å². The van der Waals surface area contributed by atoms with Crippen molar-refractivity contribution >= 4 is 11.9 Å². The molecule has 21 heavy (non-hydrogen) atoms. The minimum atomic E-state index is -0.812. The first kappa shape index (κ1) is 14.9. The van der Waals surface area contributed by atoms with Gasteiger partial charge in [0.15, 0.2) is 0 Å². The molecular formula is C17H27NO3. The summed E-state index contributed by atoms with van der Waals surface area (Å²) in [6, 6.07) is -0.397. The largest absolute Gasteiger partial charge is 0.480 e. The number of carbonyl (C=O) groups is 2. The molecule has 3 aliphatic rings. The second-order valence-electron chi connectivity index (χ2n) is 7.88. The van der Waals surface area contributed by atoms with E-state index in [1.54, 1.807) is 4.90 Å². The van der Waals surface area contributed by atoms with Crippen LogP contribution < -0.4 is 0 Å². The summed E-state index contributed by atoms with van der Waals surface area (Å²) in [7, 11) is 0. The fourth-order valence-corrected chi connectivity index (χ4v) is 4.96. The lowest BCUT2D eigenvalue weighted by molar-refractivity contribution is -0.153. The number of likely N-dealkylation sites (tertiary alicyclic amines) is 1. The van der Waals surface area contributed by atoms with E-state index in [2.05, 4.69) is 13.8 Å². The topological polar surface area (TPSA) is 57.6 Å². The lowest BCUT2D eigenvalue weighted by Crippen LogP contribution is -2.50. The van der Waals surface area contributed by atoms with Crippen LogP contribution in [0.4, 0.5) is 0 Å². The molecule has 4 heteroatoms. The van der Waals surface area contributed by atoms with E-state index in [-0.39, 0.29) is 23.3 Å². The molecule has 0 radical (unpaired) electrons. The highest BCUT2D eigenvalue weighted by Gasteiger charge is 2.51. The molecule has 0 aromatic heterocycles. The van der Waals surface area contributed by atoms with Gasteiger partial charge in [-0.25, -0.2) is 4.79 Å². The molecule has 2 saturated carbocycles. The molecule has 0 aromatic rings. The van der Waals surface area contributed by atoms with E-state index in [1.165, 1.54) is 6.42 Å². The quantitative estimate of drug-likeness (QED) is 0.851. The number of hydrogen-bond acceptors (Lipinski definition) is 2. The summed E-state index contributed by atoms with van der Waals surface area (Å²) < 4.78 is 0. The van der Waals surface area contributed by atoms with Gasteiger partial charge in [-0.15, -0.1) is 0 Å². The van der Waals surface area contributed by atoms with Gasteiger partial charge < -0.3 is 10.0 Å². The molecule has 0 bridgehead atoms. The highest BCUT2D eigenvalue weighted by atomic mass is 16.4. The fraction of sp³-hybridized carbons (Fsp3) is 0.882. The summed E-state index contributed by atoms with van der Waals surface area (Å²) in [5.74, 6) is -0.263. The van der Waals surface area contributed by atoms with E-state index < -0.39 is 12.0 Å². The van der Waals surface area contributed by atoms with Crippen molar-refractivity contribution in [1.29, 1.82) is 0 Å². The van der Waals surface area contributed by atoms with Crippen LogP contribution in [0.2, 0.25) is 0 Å². The lowest BCUT2D eigenvalue weighted by atomic mass is 9.80. The molecule has 1 aliphatic heterocycles. The Morgan fingerprint density at radius 1 is 1.10 bits per heavy atom. The summed E-state index contributed by atoms with van der Waals surface area (Å²) in [6.07, 6.45) is 8.15. The molecule has 4 nitrogen and oxygen atoms in total. The normalized spacial score (nSPS) is 38.3. The van der Waals surface area contributed by atoms with Crippen LogP contribution in [-0.4, -0.2) is 34.0 Å². The maximum atomic E-state index is 13.1. The third kappa shape index (κ3) is 2.47. The van der Waals surface area contributed by atoms with Crippen LogP contribution in [0.25, 0.3) is 0 Å². The standard InChI is InChI=1S/C17H27NO3/c1-17(2)9-5-7-12(17)15(19)18-13-8-4-3-6-11(13)10-14(18)16(20)21/h11-14H,3-10H2,1-2H3,(H,20,21). The second-order valence-corrected chi connectivity index (χ2v) is 7.88. The molecule has 2 aliphatic carbocycles. The minimum absolute atomic E-state index is 0.0139. The molecule has 1 amide bonds. The number of amides is 1. The minimum Gasteiger partial charge on any atom is -0.480 e. The Kier molecular flexibility index (Phi) is 3.74. The molecule has 4 atom stereocenters. The van der Waals surface area contributed by atoms with Gasteiger partial charge in [0.05, 0.1) is 0 Å². The first-order chi connectivity index (χ1) is 9.92. The van der Waals surface area contributed by atoms with Crippen LogP contribution in [0.3, 0.4) is 0 Å². The summed E-state index contributed by atoms with van der Waals surface area (Å²) >= 11 is 0. The van der Waals surface area contributed by atoms with Crippen molar-refractivity contribution in [2.75, 3.05) is 0 Å². The average Bonchev–Trinajstić information content (AvgIpc) is 2.98. The Balaban J connectivity index is 1.86. The SMILES string of the molecule is CC1(C)CCCC1C(=O)N1C(C(=O)O)CC2CCCCC21. The van der Waals surface area contributed by atoms with Gasteiger partial charge in [-0.1, -0.05) is 33.1 Å². The van der Waals surface area contributed by atoms with Crippen molar-refractivity contribution < 1.29 is 14.7 Å². The number of fused-ring (bicyclic) bond motifs is 1. The zero-order valence-corrected chi connectivity index (χ0v) is 13.2. The van der Waals surface area contributed by atoms with Crippen LogP contribution in [0.15, 0.2) is 0 Å². The summed E-state index contributed by atoms with van der Waals surface area (Å²) in [4.78, 5) is 26.5. The van der Waals surface area contributed by atoms with Gasteiger partial charge in [0.2, 0.25) is 5.91 Å². The monoisotopic (exact) mass is 293 g/mol. The molecule has 0 spiro atoms. The fourth-order valence-electron chi connectivity index (χ4n) is 4.96. The van der Waals surface area contributed by atoms with E-state index in [4.69, 9.17) is 0 Å². The van der Waals surface area contributed by atoms with Gasteiger partial charge in [0, 0.05) is 12.0 Å². The number of hydrogen-bond donors (Lipinski definition) is 1. The zero-order chi connectivity index (χ0) is 15.2. The maximum Gasteiger partial charge on any atom is 0.326 e. The first-order valence-electron chi connectivity index (χ1n) is 8.47. The van der Waals surface area contributed by atoms with E-state index in [1.807, 2.05) is 0 Å². The van der Waals surface area contributed by atoms with Crippen LogP contribution in [0.5, 0.6) is 0 Å². The highest BCUT2D eigenvalue weighted by Crippen LogP contribution is 2.47. The van der Waals surface area contributed by atoms with E-state index in [0.29, 0.717) is 12.3 Å². The lowest BCUT2D eigenvalue weighted by Gasteiger charge is -2.37. The number of rotatable bonds is 2. The van der Waals surface area contributed by atoms with Gasteiger partial charge in [-0.3, -0.25) is 4.79 Å². The Morgan fingerprint density at radius 3 is 2.43 bits per heavy atom. The average molecular weight is 293 g/mol. The number of carboxylic acid groups (broad SMARTS) is 1. The molecule has 118 valence electrons. The van der Waals surface area contributed by atoms with Gasteiger partial charge in [0.25, 0.3) is 0 Å². The van der Waals surface area contributed by atoms with Gasteiger partial charge in [0.1, 0.15) is 6.04 Å². The summed E-state index contributed by atoms with van der Waals surface area (Å²) in [5, 5.41) is 9.56. The van der Waals surface area contributed by atoms with Crippen LogP contribution in [0.1, 0.15) is 65.2 Å². The number of carbonyl (C=O) groups excluding carboxylic acids is 1. The van der Waals surface area contributed by atoms with Crippen molar-refractivity contribution in [3.05, 3.63) is 0 Å². The Bertz CT molecular complexity index is 445. The zero-order valence-electron chi connectivity index (χ0n) is 13.2. The molecule has 4 unspecified atom stereocenters. The smallest absolute Gasteiger partial charge is 0.326 e. The van der Waals surface area contributed by atoms with Crippen molar-refractivity contribution in [3.63, 3.8) is 0 Å². The van der Waals surface area contributed by atoms with Crippen LogP contribution in [-0.2, 0) is 9.59 Å². The van der Waals surface area contributed by atoms with Crippen molar-refractivity contribution in [3.8, 4) is 0 Å². The third-order valence-electron chi connectivity index (χ3n) is 6.18. The van der Waals surface area contributed by atoms with Gasteiger partial charge >= 0.3 is 5.97 Å². The molecule has 3 fully saturated rings. The number of nitrogens with zero attached hydrogens (tertiary/aromatic N) is 1. The molecule has 3 rings (SSSR count). The molecule has 0 aromatic carbocycles. The predicted octanol–water partition coefficient (Wildman–Crippen LogP) is 3.06.